The third kappa shape index (κ3) is 5.91. The molecule has 0 aliphatic carbocycles. The summed E-state index contributed by atoms with van der Waals surface area (Å²) in [4.78, 5) is 26.9. The molecule has 35 heavy (non-hydrogen) atoms. The van der Waals surface area contributed by atoms with E-state index in [2.05, 4.69) is 50.1 Å². The van der Waals surface area contributed by atoms with Crippen LogP contribution in [0.2, 0.25) is 0 Å². The zero-order valence-corrected chi connectivity index (χ0v) is 21.0. The zero-order valence-electron chi connectivity index (χ0n) is 21.0. The van der Waals surface area contributed by atoms with Gasteiger partial charge in [-0.15, -0.1) is 0 Å². The Morgan fingerprint density at radius 3 is 2.31 bits per heavy atom. The van der Waals surface area contributed by atoms with Crippen LogP contribution in [0.4, 0.5) is 0 Å². The lowest BCUT2D eigenvalue weighted by molar-refractivity contribution is -0.132. The van der Waals surface area contributed by atoms with E-state index in [-0.39, 0.29) is 17.4 Å². The van der Waals surface area contributed by atoms with E-state index >= 15 is 0 Å². The molecule has 184 valence electrons. The number of rotatable bonds is 6. The van der Waals surface area contributed by atoms with Gasteiger partial charge in [0, 0.05) is 44.7 Å². The molecule has 2 N–H and O–H groups in total. The standard InChI is InChI=1S/C28H34N4O3/c1-28(2,3)22-8-5-19(6-9-22)15-26(33)32-13-11-23(12-14-32)35-25-10-7-20(16-24(25)27(29)34)21-17-30-31(4)18-21/h5-10,16-18,23H,11-15H2,1-4H3,(H2,29,34). The Morgan fingerprint density at radius 1 is 1.06 bits per heavy atom. The van der Waals surface area contributed by atoms with Gasteiger partial charge in [-0.05, 0) is 34.2 Å². The molecular weight excluding hydrogens is 440 g/mol. The van der Waals surface area contributed by atoms with E-state index in [4.69, 9.17) is 10.5 Å². The molecule has 2 heterocycles. The number of hydrogen-bond acceptors (Lipinski definition) is 4. The number of aromatic nitrogens is 2. The minimum Gasteiger partial charge on any atom is -0.489 e. The Kier molecular flexibility index (Phi) is 6.96. The lowest BCUT2D eigenvalue weighted by Crippen LogP contribution is -2.42. The topological polar surface area (TPSA) is 90.5 Å². The van der Waals surface area contributed by atoms with Gasteiger partial charge in [0.1, 0.15) is 11.9 Å². The highest BCUT2D eigenvalue weighted by atomic mass is 16.5. The van der Waals surface area contributed by atoms with Gasteiger partial charge in [-0.3, -0.25) is 14.3 Å². The number of carbonyl (C=O) groups is 2. The van der Waals surface area contributed by atoms with Crippen molar-refractivity contribution in [2.45, 2.75) is 51.6 Å². The second-order valence-corrected chi connectivity index (χ2v) is 10.3. The summed E-state index contributed by atoms with van der Waals surface area (Å²) in [5, 5.41) is 4.18. The van der Waals surface area contributed by atoms with E-state index in [0.29, 0.717) is 43.7 Å². The van der Waals surface area contributed by atoms with E-state index in [0.717, 1.165) is 16.7 Å². The lowest BCUT2D eigenvalue weighted by atomic mass is 9.86. The molecule has 0 radical (unpaired) electrons. The van der Waals surface area contributed by atoms with Gasteiger partial charge >= 0.3 is 0 Å². The maximum Gasteiger partial charge on any atom is 0.252 e. The average molecular weight is 475 g/mol. The van der Waals surface area contributed by atoms with E-state index in [1.54, 1.807) is 23.0 Å². The molecule has 2 amide bonds. The number of amides is 2. The number of aryl methyl sites for hydroxylation is 1. The largest absolute Gasteiger partial charge is 0.489 e. The van der Waals surface area contributed by atoms with Crippen molar-refractivity contribution in [2.75, 3.05) is 13.1 Å². The quantitative estimate of drug-likeness (QED) is 0.582. The monoisotopic (exact) mass is 474 g/mol. The van der Waals surface area contributed by atoms with E-state index in [1.165, 1.54) is 5.56 Å². The van der Waals surface area contributed by atoms with Crippen LogP contribution >= 0.6 is 0 Å². The van der Waals surface area contributed by atoms with Crippen LogP contribution in [-0.4, -0.2) is 45.7 Å². The molecule has 7 heteroatoms. The highest BCUT2D eigenvalue weighted by Crippen LogP contribution is 2.29. The van der Waals surface area contributed by atoms with Crippen LogP contribution in [0, 0.1) is 0 Å². The Bertz CT molecular complexity index is 1200. The van der Waals surface area contributed by atoms with Gasteiger partial charge in [0.25, 0.3) is 5.91 Å². The highest BCUT2D eigenvalue weighted by molar-refractivity contribution is 5.97. The predicted molar refractivity (Wildman–Crippen MR) is 136 cm³/mol. The number of carbonyl (C=O) groups excluding carboxylic acids is 2. The van der Waals surface area contributed by atoms with E-state index in [9.17, 15) is 9.59 Å². The molecule has 0 spiro atoms. The van der Waals surface area contributed by atoms with Crippen molar-refractivity contribution in [3.63, 3.8) is 0 Å². The summed E-state index contributed by atoms with van der Waals surface area (Å²) in [5.74, 6) is 0.0790. The number of benzene rings is 2. The smallest absolute Gasteiger partial charge is 0.252 e. The Morgan fingerprint density at radius 2 is 1.74 bits per heavy atom. The fourth-order valence-corrected chi connectivity index (χ4v) is 4.39. The first kappa shape index (κ1) is 24.5. The van der Waals surface area contributed by atoms with Crippen molar-refractivity contribution in [1.29, 1.82) is 0 Å². The van der Waals surface area contributed by atoms with Crippen molar-refractivity contribution >= 4 is 11.8 Å². The highest BCUT2D eigenvalue weighted by Gasteiger charge is 2.25. The molecule has 1 aliphatic heterocycles. The lowest BCUT2D eigenvalue weighted by Gasteiger charge is -2.32. The van der Waals surface area contributed by atoms with Crippen molar-refractivity contribution in [1.82, 2.24) is 14.7 Å². The summed E-state index contributed by atoms with van der Waals surface area (Å²) >= 11 is 0. The molecule has 7 nitrogen and oxygen atoms in total. The zero-order chi connectivity index (χ0) is 25.2. The second-order valence-electron chi connectivity index (χ2n) is 10.3. The maximum atomic E-state index is 12.8. The second kappa shape index (κ2) is 9.94. The molecule has 4 rings (SSSR count). The van der Waals surface area contributed by atoms with Crippen LogP contribution < -0.4 is 10.5 Å². The van der Waals surface area contributed by atoms with Crippen LogP contribution in [0.1, 0.15) is 55.1 Å². The SMILES string of the molecule is Cn1cc(-c2ccc(OC3CCN(C(=O)Cc4ccc(C(C)(C)C)cc4)CC3)c(C(N)=O)c2)cn1. The summed E-state index contributed by atoms with van der Waals surface area (Å²) in [6.07, 6.45) is 5.36. The van der Waals surface area contributed by atoms with Gasteiger partial charge in [-0.1, -0.05) is 51.1 Å². The van der Waals surface area contributed by atoms with Crippen LogP contribution in [-0.2, 0) is 23.7 Å². The average Bonchev–Trinajstić information content (AvgIpc) is 3.25. The van der Waals surface area contributed by atoms with E-state index in [1.807, 2.05) is 24.2 Å². The van der Waals surface area contributed by atoms with Gasteiger partial charge in [0.05, 0.1) is 18.2 Å². The number of primary amides is 1. The first-order chi connectivity index (χ1) is 16.6. The third-order valence-electron chi connectivity index (χ3n) is 6.55. The molecule has 0 saturated carbocycles. The molecular formula is C28H34N4O3. The van der Waals surface area contributed by atoms with Gasteiger partial charge in [-0.25, -0.2) is 0 Å². The Labute approximate surface area is 206 Å². The minimum absolute atomic E-state index is 0.0764. The molecule has 2 aromatic carbocycles. The number of likely N-dealkylation sites (tertiary alicyclic amines) is 1. The molecule has 0 atom stereocenters. The third-order valence-corrected chi connectivity index (χ3v) is 6.55. The molecule has 1 saturated heterocycles. The number of hydrogen-bond donors (Lipinski definition) is 1. The van der Waals surface area contributed by atoms with Gasteiger partial charge < -0.3 is 15.4 Å². The number of nitrogens with zero attached hydrogens (tertiary/aromatic N) is 3. The summed E-state index contributed by atoms with van der Waals surface area (Å²) in [6, 6.07) is 13.8. The minimum atomic E-state index is -0.532. The summed E-state index contributed by atoms with van der Waals surface area (Å²) in [7, 11) is 1.84. The van der Waals surface area contributed by atoms with Crippen LogP contribution in [0.3, 0.4) is 0 Å². The number of ether oxygens (including phenoxy) is 1. The fourth-order valence-electron chi connectivity index (χ4n) is 4.39. The van der Waals surface area contributed by atoms with Crippen molar-refractivity contribution in [2.24, 2.45) is 12.8 Å². The van der Waals surface area contributed by atoms with Crippen molar-refractivity contribution in [3.05, 3.63) is 71.5 Å². The summed E-state index contributed by atoms with van der Waals surface area (Å²) < 4.78 is 7.88. The number of piperidine rings is 1. The van der Waals surface area contributed by atoms with Gasteiger partial charge in [-0.2, -0.15) is 5.10 Å². The molecule has 1 aromatic heterocycles. The first-order valence-electron chi connectivity index (χ1n) is 12.1. The predicted octanol–water partition coefficient (Wildman–Crippen LogP) is 4.10. The van der Waals surface area contributed by atoms with Crippen LogP contribution in [0.5, 0.6) is 5.75 Å². The Balaban J connectivity index is 1.35. The molecule has 1 aliphatic rings. The normalized spacial score (nSPS) is 14.7. The first-order valence-corrected chi connectivity index (χ1v) is 12.1. The molecule has 0 unspecified atom stereocenters. The van der Waals surface area contributed by atoms with Crippen LogP contribution in [0.15, 0.2) is 54.9 Å². The Hall–Kier alpha value is -3.61. The van der Waals surface area contributed by atoms with Crippen LogP contribution in [0.25, 0.3) is 11.1 Å². The van der Waals surface area contributed by atoms with Gasteiger partial charge in [0.2, 0.25) is 5.91 Å². The summed E-state index contributed by atoms with van der Waals surface area (Å²) in [5.41, 5.74) is 10.1. The maximum absolute atomic E-state index is 12.8. The molecule has 0 bridgehead atoms. The van der Waals surface area contributed by atoms with Gasteiger partial charge in [0.15, 0.2) is 0 Å². The van der Waals surface area contributed by atoms with E-state index < -0.39 is 5.91 Å². The number of nitrogens with two attached hydrogens (primary N) is 1. The van der Waals surface area contributed by atoms with Crippen molar-refractivity contribution < 1.29 is 14.3 Å². The molecule has 1 fully saturated rings. The summed E-state index contributed by atoms with van der Waals surface area (Å²) in [6.45, 7) is 7.80. The van der Waals surface area contributed by atoms with Crippen molar-refractivity contribution in [3.8, 4) is 16.9 Å². The fraction of sp³-hybridized carbons (Fsp3) is 0.393. The molecule has 3 aromatic rings.